The molecule has 5 nitrogen and oxygen atoms in total. The topological polar surface area (TPSA) is 57.0 Å². The maximum absolute atomic E-state index is 12.7. The quantitative estimate of drug-likeness (QED) is 0.678. The van der Waals surface area contributed by atoms with Gasteiger partial charge in [-0.1, -0.05) is 12.1 Å². The van der Waals surface area contributed by atoms with E-state index in [1.165, 1.54) is 7.11 Å². The van der Waals surface area contributed by atoms with Gasteiger partial charge in [-0.25, -0.2) is 4.98 Å². The molecule has 0 aliphatic heterocycles. The van der Waals surface area contributed by atoms with Crippen molar-refractivity contribution < 1.29 is 22.7 Å². The van der Waals surface area contributed by atoms with Crippen LogP contribution in [0.15, 0.2) is 43.0 Å². The van der Waals surface area contributed by atoms with E-state index in [0.29, 0.717) is 27.7 Å². The Labute approximate surface area is 141 Å². The predicted octanol–water partition coefficient (Wildman–Crippen LogP) is 3.38. The van der Waals surface area contributed by atoms with E-state index in [2.05, 4.69) is 14.7 Å². The highest BCUT2D eigenvalue weighted by Crippen LogP contribution is 2.31. The van der Waals surface area contributed by atoms with Gasteiger partial charge in [-0.3, -0.25) is 9.78 Å². The van der Waals surface area contributed by atoms with Crippen molar-refractivity contribution in [3.8, 4) is 11.1 Å². The minimum Gasteiger partial charge on any atom is -0.469 e. The number of esters is 1. The summed E-state index contributed by atoms with van der Waals surface area (Å²) in [5.41, 5.74) is 2.70. The van der Waals surface area contributed by atoms with Crippen LogP contribution in [0.4, 0.5) is 13.2 Å². The van der Waals surface area contributed by atoms with E-state index >= 15 is 0 Å². The lowest BCUT2D eigenvalue weighted by molar-refractivity contribution is -0.140. The Balaban J connectivity index is 2.10. The summed E-state index contributed by atoms with van der Waals surface area (Å²) >= 11 is 0. The Bertz CT molecular complexity index is 919. The smallest absolute Gasteiger partial charge is 0.406 e. The van der Waals surface area contributed by atoms with E-state index in [1.54, 1.807) is 36.7 Å². The summed E-state index contributed by atoms with van der Waals surface area (Å²) in [5.74, 6) is -0.415. The lowest BCUT2D eigenvalue weighted by Gasteiger charge is -2.10. The molecular formula is C17H14F3N3O2. The Morgan fingerprint density at radius 3 is 2.76 bits per heavy atom. The zero-order valence-electron chi connectivity index (χ0n) is 13.2. The first-order chi connectivity index (χ1) is 11.9. The van der Waals surface area contributed by atoms with Gasteiger partial charge in [0.05, 0.1) is 30.9 Å². The third-order valence-electron chi connectivity index (χ3n) is 3.76. The van der Waals surface area contributed by atoms with Crippen molar-refractivity contribution in [2.45, 2.75) is 19.1 Å². The van der Waals surface area contributed by atoms with Crippen LogP contribution in [0, 0.1) is 0 Å². The predicted molar refractivity (Wildman–Crippen MR) is 84.7 cm³/mol. The average Bonchev–Trinajstić information content (AvgIpc) is 2.96. The van der Waals surface area contributed by atoms with E-state index in [9.17, 15) is 18.0 Å². The molecule has 0 unspecified atom stereocenters. The first-order valence-corrected chi connectivity index (χ1v) is 7.40. The van der Waals surface area contributed by atoms with Crippen molar-refractivity contribution in [1.82, 2.24) is 14.5 Å². The Morgan fingerprint density at radius 1 is 1.24 bits per heavy atom. The normalized spacial score (nSPS) is 11.7. The molecule has 3 rings (SSSR count). The maximum atomic E-state index is 12.7. The number of halogens is 3. The molecule has 0 radical (unpaired) electrons. The minimum absolute atomic E-state index is 0.0357. The molecule has 2 aromatic heterocycles. The monoisotopic (exact) mass is 349 g/mol. The summed E-state index contributed by atoms with van der Waals surface area (Å²) in [6.45, 7) is -1.12. The van der Waals surface area contributed by atoms with E-state index in [-0.39, 0.29) is 6.42 Å². The van der Waals surface area contributed by atoms with Crippen molar-refractivity contribution in [2.75, 3.05) is 7.11 Å². The molecule has 0 atom stereocenters. The second-order valence-corrected chi connectivity index (χ2v) is 5.45. The average molecular weight is 349 g/mol. The maximum Gasteiger partial charge on any atom is 0.406 e. The molecule has 0 amide bonds. The zero-order valence-corrected chi connectivity index (χ0v) is 13.2. The Morgan fingerprint density at radius 2 is 2.04 bits per heavy atom. The summed E-state index contributed by atoms with van der Waals surface area (Å²) < 4.78 is 43.9. The second-order valence-electron chi connectivity index (χ2n) is 5.45. The van der Waals surface area contributed by atoms with Crippen LogP contribution in [0.2, 0.25) is 0 Å². The highest BCUT2D eigenvalue weighted by atomic mass is 19.4. The highest BCUT2D eigenvalue weighted by molar-refractivity contribution is 5.93. The van der Waals surface area contributed by atoms with Crippen LogP contribution in [0.5, 0.6) is 0 Å². The number of nitrogens with zero attached hydrogens (tertiary/aromatic N) is 3. The summed E-state index contributed by atoms with van der Waals surface area (Å²) in [4.78, 5) is 19.8. The number of para-hydroxylation sites is 1. The van der Waals surface area contributed by atoms with Gasteiger partial charge in [-0.15, -0.1) is 0 Å². The molecule has 0 fully saturated rings. The summed E-state index contributed by atoms with van der Waals surface area (Å²) in [6.07, 6.45) is -0.0278. The van der Waals surface area contributed by atoms with Crippen LogP contribution in [0.3, 0.4) is 0 Å². The van der Waals surface area contributed by atoms with Crippen LogP contribution in [-0.2, 0) is 22.5 Å². The molecular weight excluding hydrogens is 335 g/mol. The minimum atomic E-state index is -4.34. The molecule has 0 spiro atoms. The molecule has 3 aromatic rings. The summed E-state index contributed by atoms with van der Waals surface area (Å²) in [5, 5.41) is 0. The number of pyridine rings is 1. The fourth-order valence-electron chi connectivity index (χ4n) is 2.67. The first kappa shape index (κ1) is 16.9. The Kier molecular flexibility index (Phi) is 4.43. The highest BCUT2D eigenvalue weighted by Gasteiger charge is 2.28. The molecule has 0 saturated heterocycles. The van der Waals surface area contributed by atoms with Gasteiger partial charge < -0.3 is 9.30 Å². The molecule has 1 aromatic carbocycles. The van der Waals surface area contributed by atoms with E-state index in [0.717, 1.165) is 10.9 Å². The first-order valence-electron chi connectivity index (χ1n) is 7.40. The van der Waals surface area contributed by atoms with Crippen molar-refractivity contribution in [1.29, 1.82) is 0 Å². The van der Waals surface area contributed by atoms with Gasteiger partial charge in [0.2, 0.25) is 0 Å². The SMILES string of the molecule is COC(=O)Cc1ccncc1-c1cccc2c1ncn2CC(F)(F)F. The van der Waals surface area contributed by atoms with E-state index < -0.39 is 18.7 Å². The number of rotatable bonds is 4. The Hall–Kier alpha value is -2.90. The van der Waals surface area contributed by atoms with Crippen LogP contribution in [-0.4, -0.2) is 33.8 Å². The molecule has 8 heteroatoms. The second kappa shape index (κ2) is 6.54. The van der Waals surface area contributed by atoms with Crippen LogP contribution < -0.4 is 0 Å². The zero-order chi connectivity index (χ0) is 18.0. The van der Waals surface area contributed by atoms with E-state index in [4.69, 9.17) is 0 Å². The number of ether oxygens (including phenoxy) is 1. The lowest BCUT2D eigenvalue weighted by atomic mass is 9.99. The van der Waals surface area contributed by atoms with Crippen molar-refractivity contribution in [3.63, 3.8) is 0 Å². The number of carbonyl (C=O) groups is 1. The number of hydrogen-bond acceptors (Lipinski definition) is 4. The van der Waals surface area contributed by atoms with Gasteiger partial charge in [-0.2, -0.15) is 13.2 Å². The van der Waals surface area contributed by atoms with Crippen LogP contribution in [0.1, 0.15) is 5.56 Å². The van der Waals surface area contributed by atoms with E-state index in [1.807, 2.05) is 0 Å². The van der Waals surface area contributed by atoms with Gasteiger partial charge in [-0.05, 0) is 17.7 Å². The number of benzene rings is 1. The van der Waals surface area contributed by atoms with Crippen LogP contribution in [0.25, 0.3) is 22.2 Å². The number of aromatic nitrogens is 3. The third kappa shape index (κ3) is 3.62. The third-order valence-corrected chi connectivity index (χ3v) is 3.76. The molecule has 0 saturated carbocycles. The van der Waals surface area contributed by atoms with Gasteiger partial charge in [0.15, 0.2) is 0 Å². The molecule has 0 aliphatic rings. The lowest BCUT2D eigenvalue weighted by Crippen LogP contribution is -2.16. The number of alkyl halides is 3. The molecule has 25 heavy (non-hydrogen) atoms. The number of carbonyl (C=O) groups excluding carboxylic acids is 1. The van der Waals surface area contributed by atoms with Gasteiger partial charge >= 0.3 is 12.1 Å². The molecule has 2 heterocycles. The number of fused-ring (bicyclic) bond motifs is 1. The number of hydrogen-bond donors (Lipinski definition) is 0. The fourth-order valence-corrected chi connectivity index (χ4v) is 2.67. The molecule has 130 valence electrons. The van der Waals surface area contributed by atoms with Crippen molar-refractivity contribution in [3.05, 3.63) is 48.5 Å². The fraction of sp³-hybridized carbons (Fsp3) is 0.235. The molecule has 0 bridgehead atoms. The summed E-state index contributed by atoms with van der Waals surface area (Å²) in [6, 6.07) is 6.65. The standard InChI is InChI=1S/C17H14F3N3O2/c1-25-15(24)7-11-5-6-21-8-13(11)12-3-2-4-14-16(12)22-10-23(14)9-17(18,19)20/h2-6,8,10H,7,9H2,1H3. The summed E-state index contributed by atoms with van der Waals surface area (Å²) in [7, 11) is 1.29. The number of imidazole rings is 1. The van der Waals surface area contributed by atoms with Crippen LogP contribution >= 0.6 is 0 Å². The number of methoxy groups -OCH3 is 1. The van der Waals surface area contributed by atoms with Gasteiger partial charge in [0.25, 0.3) is 0 Å². The molecule has 0 N–H and O–H groups in total. The molecule has 0 aliphatic carbocycles. The largest absolute Gasteiger partial charge is 0.469 e. The van der Waals surface area contributed by atoms with Gasteiger partial charge in [0, 0.05) is 23.5 Å². The van der Waals surface area contributed by atoms with Crippen molar-refractivity contribution in [2.24, 2.45) is 0 Å². The van der Waals surface area contributed by atoms with Gasteiger partial charge in [0.1, 0.15) is 6.54 Å². The van der Waals surface area contributed by atoms with Crippen molar-refractivity contribution >= 4 is 17.0 Å².